The summed E-state index contributed by atoms with van der Waals surface area (Å²) in [6, 6.07) is 3.13. The Morgan fingerprint density at radius 1 is 1.25 bits per heavy atom. The van der Waals surface area contributed by atoms with Crippen molar-refractivity contribution in [2.75, 3.05) is 44.6 Å². The first kappa shape index (κ1) is 28.2. The zero-order valence-corrected chi connectivity index (χ0v) is 22.5. The molecule has 3 heterocycles. The van der Waals surface area contributed by atoms with Gasteiger partial charge in [-0.2, -0.15) is 0 Å². The van der Waals surface area contributed by atoms with Crippen LogP contribution in [0.15, 0.2) is 12.1 Å². The van der Waals surface area contributed by atoms with Gasteiger partial charge in [0.25, 0.3) is 0 Å². The Morgan fingerprint density at radius 2 is 2.06 bits per heavy atom. The van der Waals surface area contributed by atoms with E-state index < -0.39 is 12.0 Å². The highest BCUT2D eigenvalue weighted by atomic mass is 16.5. The Kier molecular flexibility index (Phi) is 10.4. The predicted molar refractivity (Wildman–Crippen MR) is 141 cm³/mol. The third-order valence-corrected chi connectivity index (χ3v) is 7.22. The number of aromatic nitrogens is 1. The Bertz CT molecular complexity index is 876. The first-order chi connectivity index (χ1) is 17.2. The van der Waals surface area contributed by atoms with Crippen molar-refractivity contribution in [2.45, 2.75) is 90.3 Å². The summed E-state index contributed by atoms with van der Waals surface area (Å²) >= 11 is 0. The topological polar surface area (TPSA) is 107 Å². The number of anilines is 1. The highest BCUT2D eigenvalue weighted by molar-refractivity contribution is 5.83. The molecule has 9 heteroatoms. The molecular formula is C27H45N5O4. The van der Waals surface area contributed by atoms with Crippen molar-refractivity contribution in [3.05, 3.63) is 23.4 Å². The summed E-state index contributed by atoms with van der Waals surface area (Å²) in [6.07, 6.45) is 6.61. The summed E-state index contributed by atoms with van der Waals surface area (Å²) < 4.78 is 5.74. The molecule has 1 unspecified atom stereocenters. The summed E-state index contributed by atoms with van der Waals surface area (Å²) in [7, 11) is 0. The monoisotopic (exact) mass is 503 g/mol. The van der Waals surface area contributed by atoms with E-state index >= 15 is 0 Å². The first-order valence-electron chi connectivity index (χ1n) is 13.5. The van der Waals surface area contributed by atoms with Crippen molar-refractivity contribution in [2.24, 2.45) is 0 Å². The van der Waals surface area contributed by atoms with E-state index in [0.717, 1.165) is 69.7 Å². The predicted octanol–water partition coefficient (Wildman–Crippen LogP) is 3.53. The second-order valence-corrected chi connectivity index (χ2v) is 10.9. The van der Waals surface area contributed by atoms with Gasteiger partial charge in [-0.1, -0.05) is 6.07 Å². The molecule has 0 bridgehead atoms. The van der Waals surface area contributed by atoms with Crippen LogP contribution in [0.3, 0.4) is 0 Å². The number of hydrogen-bond acceptors (Lipinski definition) is 6. The summed E-state index contributed by atoms with van der Waals surface area (Å²) in [4.78, 5) is 33.2. The molecule has 2 aliphatic rings. The summed E-state index contributed by atoms with van der Waals surface area (Å²) in [5.41, 5.74) is 2.20. The maximum atomic E-state index is 12.6. The summed E-state index contributed by atoms with van der Waals surface area (Å²) in [5.74, 6) is 0.0433. The molecule has 0 radical (unpaired) electrons. The van der Waals surface area contributed by atoms with E-state index in [1.807, 2.05) is 27.7 Å². The number of hydrogen-bond donors (Lipinski definition) is 3. The summed E-state index contributed by atoms with van der Waals surface area (Å²) in [6.45, 7) is 12.4. The van der Waals surface area contributed by atoms with Gasteiger partial charge < -0.3 is 30.3 Å². The number of nitrogens with one attached hydrogen (secondary N) is 2. The van der Waals surface area contributed by atoms with Crippen molar-refractivity contribution in [3.8, 4) is 0 Å². The van der Waals surface area contributed by atoms with Crippen molar-refractivity contribution < 1.29 is 19.4 Å². The van der Waals surface area contributed by atoms with Crippen LogP contribution >= 0.6 is 0 Å². The molecule has 1 fully saturated rings. The molecule has 9 nitrogen and oxygen atoms in total. The molecule has 1 atom stereocenters. The largest absolute Gasteiger partial charge is 0.480 e. The van der Waals surface area contributed by atoms with E-state index in [4.69, 9.17) is 9.72 Å². The fraction of sp³-hybridized carbons (Fsp3) is 0.741. The average molecular weight is 504 g/mol. The number of carboxylic acids is 1. The number of ether oxygens (including phenoxy) is 1. The number of unbranched alkanes of at least 4 members (excludes halogenated alkanes) is 1. The van der Waals surface area contributed by atoms with Crippen LogP contribution in [-0.4, -0.2) is 88.9 Å². The quantitative estimate of drug-likeness (QED) is 0.334. The molecule has 1 aromatic heterocycles. The normalized spacial score (nSPS) is 17.3. The van der Waals surface area contributed by atoms with Crippen molar-refractivity contribution in [1.82, 2.24) is 20.1 Å². The number of urea groups is 1. The second kappa shape index (κ2) is 13.2. The minimum absolute atomic E-state index is 0.154. The Balaban J connectivity index is 1.47. The third kappa shape index (κ3) is 8.34. The number of nitrogens with zero attached hydrogens (tertiary/aromatic N) is 3. The fourth-order valence-electron chi connectivity index (χ4n) is 4.75. The molecule has 1 saturated heterocycles. The second-order valence-electron chi connectivity index (χ2n) is 10.9. The molecular weight excluding hydrogens is 458 g/mol. The smallest absolute Gasteiger partial charge is 0.326 e. The number of likely N-dealkylation sites (tertiary alicyclic amines) is 1. The van der Waals surface area contributed by atoms with Gasteiger partial charge in [-0.25, -0.2) is 14.6 Å². The van der Waals surface area contributed by atoms with Gasteiger partial charge in [0.05, 0.1) is 12.7 Å². The fourth-order valence-corrected chi connectivity index (χ4v) is 4.75. The van der Waals surface area contributed by atoms with E-state index in [-0.39, 0.29) is 17.7 Å². The van der Waals surface area contributed by atoms with Gasteiger partial charge in [-0.3, -0.25) is 0 Å². The van der Waals surface area contributed by atoms with Gasteiger partial charge in [0.2, 0.25) is 0 Å². The molecule has 2 amide bonds. The van der Waals surface area contributed by atoms with Gasteiger partial charge in [-0.05, 0) is 90.8 Å². The standard InChI is InChI=1S/C27H45N5O4/c1-20(2)36-19-18-31(15-6-5-9-22-11-10-21-8-7-14-28-24(21)29-22)16-12-23(25(33)34)30-26(35)32-17-13-27(32,3)4/h10-11,20,23H,5-9,12-19H2,1-4H3,(H,28,29)(H,30,35)(H,33,34). The molecule has 3 N–H and O–H groups in total. The number of pyridine rings is 1. The van der Waals surface area contributed by atoms with E-state index in [9.17, 15) is 14.7 Å². The van der Waals surface area contributed by atoms with Gasteiger partial charge in [-0.15, -0.1) is 0 Å². The molecule has 0 saturated carbocycles. The molecule has 0 aromatic carbocycles. The van der Waals surface area contributed by atoms with Crippen LogP contribution < -0.4 is 10.6 Å². The van der Waals surface area contributed by atoms with Crippen LogP contribution in [0.2, 0.25) is 0 Å². The van der Waals surface area contributed by atoms with E-state index in [1.165, 1.54) is 5.56 Å². The maximum absolute atomic E-state index is 12.6. The van der Waals surface area contributed by atoms with Crippen LogP contribution in [0.1, 0.15) is 71.1 Å². The zero-order valence-electron chi connectivity index (χ0n) is 22.5. The number of carboxylic acid groups (broad SMARTS) is 1. The van der Waals surface area contributed by atoms with Crippen LogP contribution in [0.4, 0.5) is 10.6 Å². The minimum Gasteiger partial charge on any atom is -0.480 e. The number of rotatable bonds is 14. The van der Waals surface area contributed by atoms with E-state index in [1.54, 1.807) is 4.90 Å². The van der Waals surface area contributed by atoms with Gasteiger partial charge in [0, 0.05) is 37.4 Å². The third-order valence-electron chi connectivity index (χ3n) is 7.22. The van der Waals surface area contributed by atoms with E-state index in [0.29, 0.717) is 26.1 Å². The average Bonchev–Trinajstić information content (AvgIpc) is 2.82. The van der Waals surface area contributed by atoms with Gasteiger partial charge >= 0.3 is 12.0 Å². The zero-order chi connectivity index (χ0) is 26.1. The van der Waals surface area contributed by atoms with E-state index in [2.05, 4.69) is 27.7 Å². The molecule has 36 heavy (non-hydrogen) atoms. The van der Waals surface area contributed by atoms with Crippen LogP contribution in [0.5, 0.6) is 0 Å². The summed E-state index contributed by atoms with van der Waals surface area (Å²) in [5, 5.41) is 15.9. The van der Waals surface area contributed by atoms with Gasteiger partial charge in [0.15, 0.2) is 0 Å². The Labute approximate surface area is 216 Å². The van der Waals surface area contributed by atoms with Crippen LogP contribution in [-0.2, 0) is 22.4 Å². The lowest BCUT2D eigenvalue weighted by Crippen LogP contribution is -2.63. The molecule has 3 rings (SSSR count). The van der Waals surface area contributed by atoms with Crippen molar-refractivity contribution >= 4 is 17.8 Å². The lowest BCUT2D eigenvalue weighted by molar-refractivity contribution is -0.139. The van der Waals surface area contributed by atoms with Crippen LogP contribution in [0.25, 0.3) is 0 Å². The highest BCUT2D eigenvalue weighted by Crippen LogP contribution is 2.29. The molecule has 0 aliphatic carbocycles. The molecule has 2 aliphatic heterocycles. The molecule has 1 aromatic rings. The van der Waals surface area contributed by atoms with Gasteiger partial charge in [0.1, 0.15) is 11.9 Å². The molecule has 0 spiro atoms. The number of fused-ring (bicyclic) bond motifs is 1. The Morgan fingerprint density at radius 3 is 2.72 bits per heavy atom. The van der Waals surface area contributed by atoms with Crippen molar-refractivity contribution in [1.29, 1.82) is 0 Å². The lowest BCUT2D eigenvalue weighted by Gasteiger charge is -2.48. The lowest BCUT2D eigenvalue weighted by atomic mass is 9.89. The SMILES string of the molecule is CC(C)OCCN(CCCCc1ccc2c(n1)NCCC2)CCC(NC(=O)N1CCC1(C)C)C(=O)O. The highest BCUT2D eigenvalue weighted by Gasteiger charge is 2.40. The Hall–Kier alpha value is -2.39. The number of carbonyl (C=O) groups excluding carboxylic acids is 1. The van der Waals surface area contributed by atoms with Crippen molar-refractivity contribution in [3.63, 3.8) is 0 Å². The number of carbonyl (C=O) groups is 2. The number of aryl methyl sites for hydroxylation is 2. The van der Waals surface area contributed by atoms with Crippen LogP contribution in [0, 0.1) is 0 Å². The first-order valence-corrected chi connectivity index (χ1v) is 13.5. The molecule has 202 valence electrons. The maximum Gasteiger partial charge on any atom is 0.326 e. The minimum atomic E-state index is -0.993. The number of amides is 2. The number of aliphatic carboxylic acids is 1.